The van der Waals surface area contributed by atoms with Crippen molar-refractivity contribution in [3.05, 3.63) is 51.9 Å². The maximum Gasteiger partial charge on any atom is 0.254 e. The van der Waals surface area contributed by atoms with E-state index in [1.807, 2.05) is 17.9 Å². The van der Waals surface area contributed by atoms with Crippen LogP contribution in [-0.2, 0) is 7.05 Å². The van der Waals surface area contributed by atoms with Crippen LogP contribution < -0.4 is 19.8 Å². The predicted molar refractivity (Wildman–Crippen MR) is 106 cm³/mol. The Kier molecular flexibility index (Phi) is 5.92. The molecular formula is C21H26N2O5. The third kappa shape index (κ3) is 4.13. The van der Waals surface area contributed by atoms with Crippen molar-refractivity contribution in [2.75, 3.05) is 27.3 Å². The molecule has 7 heteroatoms. The Balaban J connectivity index is 1.62. The summed E-state index contributed by atoms with van der Waals surface area (Å²) in [5.41, 5.74) is 1.33. The first-order valence-electron chi connectivity index (χ1n) is 9.28. The van der Waals surface area contributed by atoms with E-state index >= 15 is 0 Å². The van der Waals surface area contributed by atoms with Gasteiger partial charge in [0.25, 0.3) is 11.5 Å². The predicted octanol–water partition coefficient (Wildman–Crippen LogP) is 2.39. The molecule has 0 saturated carbocycles. The van der Waals surface area contributed by atoms with Crippen LogP contribution in [0.2, 0.25) is 0 Å². The lowest BCUT2D eigenvalue weighted by molar-refractivity contribution is 0.0594. The monoisotopic (exact) mass is 386 g/mol. The van der Waals surface area contributed by atoms with Gasteiger partial charge in [-0.25, -0.2) is 0 Å². The minimum absolute atomic E-state index is 0.0130. The molecule has 0 spiro atoms. The fraction of sp³-hybridized carbons (Fsp3) is 0.429. The molecule has 1 aliphatic rings. The second kappa shape index (κ2) is 8.37. The number of aromatic nitrogens is 1. The van der Waals surface area contributed by atoms with E-state index in [9.17, 15) is 9.59 Å². The van der Waals surface area contributed by atoms with Crippen LogP contribution in [0.1, 0.15) is 28.9 Å². The van der Waals surface area contributed by atoms with Crippen LogP contribution in [0.3, 0.4) is 0 Å². The van der Waals surface area contributed by atoms with Gasteiger partial charge < -0.3 is 23.7 Å². The first-order chi connectivity index (χ1) is 13.4. The number of carbonyl (C=O) groups is 1. The number of pyridine rings is 1. The van der Waals surface area contributed by atoms with Crippen molar-refractivity contribution in [2.45, 2.75) is 25.9 Å². The van der Waals surface area contributed by atoms with Gasteiger partial charge in [-0.05, 0) is 31.2 Å². The first-order valence-corrected chi connectivity index (χ1v) is 9.28. The van der Waals surface area contributed by atoms with Crippen LogP contribution in [0.5, 0.6) is 17.2 Å². The number of aryl methyl sites for hydroxylation is 1. The molecule has 1 fully saturated rings. The molecule has 2 aromatic rings. The zero-order valence-corrected chi connectivity index (χ0v) is 16.7. The molecular weight excluding hydrogens is 360 g/mol. The van der Waals surface area contributed by atoms with E-state index in [0.29, 0.717) is 48.7 Å². The molecule has 7 nitrogen and oxygen atoms in total. The number of nitrogens with zero attached hydrogens (tertiary/aromatic N) is 2. The molecule has 0 radical (unpaired) electrons. The third-order valence-corrected chi connectivity index (χ3v) is 5.14. The van der Waals surface area contributed by atoms with E-state index < -0.39 is 0 Å². The number of ether oxygens (including phenoxy) is 3. The number of piperidine rings is 1. The minimum atomic E-state index is -0.0870. The number of likely N-dealkylation sites (tertiary alicyclic amines) is 1. The molecule has 1 aromatic heterocycles. The lowest BCUT2D eigenvalue weighted by Gasteiger charge is -2.32. The largest absolute Gasteiger partial charge is 0.493 e. The van der Waals surface area contributed by atoms with Crippen LogP contribution in [0.4, 0.5) is 0 Å². The van der Waals surface area contributed by atoms with Gasteiger partial charge in [-0.1, -0.05) is 0 Å². The van der Waals surface area contributed by atoms with Crippen LogP contribution in [0.15, 0.2) is 35.1 Å². The molecule has 0 atom stereocenters. The van der Waals surface area contributed by atoms with E-state index in [-0.39, 0.29) is 17.6 Å². The molecule has 150 valence electrons. The Morgan fingerprint density at radius 3 is 2.32 bits per heavy atom. The quantitative estimate of drug-likeness (QED) is 0.789. The highest BCUT2D eigenvalue weighted by atomic mass is 16.5. The van der Waals surface area contributed by atoms with Crippen molar-refractivity contribution in [1.29, 1.82) is 0 Å². The van der Waals surface area contributed by atoms with Gasteiger partial charge in [0.15, 0.2) is 11.5 Å². The van der Waals surface area contributed by atoms with Crippen LogP contribution in [0.25, 0.3) is 0 Å². The Morgan fingerprint density at radius 2 is 1.71 bits per heavy atom. The van der Waals surface area contributed by atoms with Gasteiger partial charge in [-0.2, -0.15) is 0 Å². The fourth-order valence-electron chi connectivity index (χ4n) is 3.33. The maximum absolute atomic E-state index is 12.8. The van der Waals surface area contributed by atoms with Crippen molar-refractivity contribution >= 4 is 5.91 Å². The van der Waals surface area contributed by atoms with Gasteiger partial charge in [-0.3, -0.25) is 9.59 Å². The van der Waals surface area contributed by atoms with E-state index in [1.54, 1.807) is 44.0 Å². The van der Waals surface area contributed by atoms with Crippen molar-refractivity contribution in [2.24, 2.45) is 7.05 Å². The normalized spacial score (nSPS) is 14.6. The van der Waals surface area contributed by atoms with Gasteiger partial charge in [-0.15, -0.1) is 0 Å². The summed E-state index contributed by atoms with van der Waals surface area (Å²) in [6, 6.07) is 8.55. The Morgan fingerprint density at radius 1 is 1.04 bits per heavy atom. The third-order valence-electron chi connectivity index (χ3n) is 5.14. The topological polar surface area (TPSA) is 70.0 Å². The smallest absolute Gasteiger partial charge is 0.254 e. The summed E-state index contributed by atoms with van der Waals surface area (Å²) >= 11 is 0. The molecule has 2 heterocycles. The van der Waals surface area contributed by atoms with E-state index in [4.69, 9.17) is 14.2 Å². The molecule has 0 N–H and O–H groups in total. The highest BCUT2D eigenvalue weighted by molar-refractivity contribution is 5.95. The van der Waals surface area contributed by atoms with Gasteiger partial charge >= 0.3 is 0 Å². The molecule has 1 saturated heterocycles. The summed E-state index contributed by atoms with van der Waals surface area (Å²) in [5.74, 6) is 1.68. The number of rotatable bonds is 5. The van der Waals surface area contributed by atoms with Gasteiger partial charge in [0.1, 0.15) is 11.9 Å². The Hall–Kier alpha value is -2.96. The van der Waals surface area contributed by atoms with E-state index in [1.165, 1.54) is 6.07 Å². The number of hydrogen-bond acceptors (Lipinski definition) is 5. The zero-order valence-electron chi connectivity index (χ0n) is 16.7. The van der Waals surface area contributed by atoms with Gasteiger partial charge in [0.2, 0.25) is 0 Å². The summed E-state index contributed by atoms with van der Waals surface area (Å²) in [5, 5.41) is 0. The van der Waals surface area contributed by atoms with Crippen LogP contribution in [0, 0.1) is 6.92 Å². The minimum Gasteiger partial charge on any atom is -0.493 e. The lowest BCUT2D eigenvalue weighted by Crippen LogP contribution is -2.41. The SMILES string of the molecule is COc1ccc(C(=O)N2CCC(Oc3cc(C)n(C)c(=O)c3)CC2)cc1OC. The maximum atomic E-state index is 12.8. The average molecular weight is 386 g/mol. The molecule has 1 amide bonds. The number of amides is 1. The molecule has 0 unspecified atom stereocenters. The lowest BCUT2D eigenvalue weighted by atomic mass is 10.1. The Bertz CT molecular complexity index is 913. The molecule has 28 heavy (non-hydrogen) atoms. The standard InChI is InChI=1S/C21H26N2O5/c1-14-11-17(13-20(24)22(14)2)28-16-7-9-23(10-8-16)21(25)15-5-6-18(26-3)19(12-15)27-4/h5-6,11-13,16H,7-10H2,1-4H3. The number of benzene rings is 1. The van der Waals surface area contributed by atoms with Crippen molar-refractivity contribution in [3.63, 3.8) is 0 Å². The van der Waals surface area contributed by atoms with Crippen LogP contribution >= 0.6 is 0 Å². The summed E-state index contributed by atoms with van der Waals surface area (Å²) in [7, 11) is 4.85. The summed E-state index contributed by atoms with van der Waals surface area (Å²) < 4.78 is 18.1. The molecule has 1 aromatic carbocycles. The highest BCUT2D eigenvalue weighted by Crippen LogP contribution is 2.28. The van der Waals surface area contributed by atoms with E-state index in [2.05, 4.69) is 0 Å². The second-order valence-electron chi connectivity index (χ2n) is 6.91. The molecule has 0 bridgehead atoms. The zero-order chi connectivity index (χ0) is 20.3. The molecule has 1 aliphatic heterocycles. The fourth-order valence-corrected chi connectivity index (χ4v) is 3.33. The highest BCUT2D eigenvalue weighted by Gasteiger charge is 2.25. The number of hydrogen-bond donors (Lipinski definition) is 0. The number of methoxy groups -OCH3 is 2. The second-order valence-corrected chi connectivity index (χ2v) is 6.91. The summed E-state index contributed by atoms with van der Waals surface area (Å²) in [6.07, 6.45) is 1.42. The van der Waals surface area contributed by atoms with Crippen molar-refractivity contribution in [1.82, 2.24) is 9.47 Å². The van der Waals surface area contributed by atoms with E-state index in [0.717, 1.165) is 5.69 Å². The Labute approximate surface area is 164 Å². The van der Waals surface area contributed by atoms with Gasteiger partial charge in [0.05, 0.1) is 14.2 Å². The van der Waals surface area contributed by atoms with Crippen molar-refractivity contribution < 1.29 is 19.0 Å². The average Bonchev–Trinajstić information content (AvgIpc) is 2.71. The van der Waals surface area contributed by atoms with Crippen molar-refractivity contribution in [3.8, 4) is 17.2 Å². The summed E-state index contributed by atoms with van der Waals surface area (Å²) in [6.45, 7) is 3.07. The molecule has 3 rings (SSSR count). The molecule has 0 aliphatic carbocycles. The van der Waals surface area contributed by atoms with Crippen LogP contribution in [-0.4, -0.2) is 48.8 Å². The summed E-state index contributed by atoms with van der Waals surface area (Å²) in [4.78, 5) is 26.5. The first kappa shape index (κ1) is 19.8. The van der Waals surface area contributed by atoms with Gasteiger partial charge in [0, 0.05) is 50.3 Å². The number of carbonyl (C=O) groups excluding carboxylic acids is 1.